The average molecular weight is 226 g/mol. The first kappa shape index (κ1) is 12.3. The predicted molar refractivity (Wildman–Crippen MR) is 66.6 cm³/mol. The molecule has 2 fully saturated rings. The van der Waals surface area contributed by atoms with Gasteiger partial charge >= 0.3 is 0 Å². The van der Waals surface area contributed by atoms with Crippen LogP contribution < -0.4 is 10.6 Å². The molecule has 0 spiro atoms. The topological polar surface area (TPSA) is 33.3 Å². The molecule has 1 saturated heterocycles. The number of ether oxygens (including phenoxy) is 1. The molecule has 1 saturated carbocycles. The van der Waals surface area contributed by atoms with Crippen molar-refractivity contribution in [2.75, 3.05) is 39.9 Å². The summed E-state index contributed by atoms with van der Waals surface area (Å²) in [6.45, 7) is 5.77. The molecule has 16 heavy (non-hydrogen) atoms. The van der Waals surface area contributed by atoms with E-state index in [-0.39, 0.29) is 0 Å². The maximum atomic E-state index is 5.18. The fourth-order valence-electron chi connectivity index (χ4n) is 2.64. The lowest BCUT2D eigenvalue weighted by atomic mass is 9.97. The van der Waals surface area contributed by atoms with Gasteiger partial charge in [0, 0.05) is 20.3 Å². The van der Waals surface area contributed by atoms with E-state index in [0.717, 1.165) is 12.5 Å². The van der Waals surface area contributed by atoms with E-state index in [1.807, 2.05) is 0 Å². The Labute approximate surface area is 99.3 Å². The van der Waals surface area contributed by atoms with Crippen molar-refractivity contribution in [3.63, 3.8) is 0 Å². The fourth-order valence-corrected chi connectivity index (χ4v) is 2.64. The highest BCUT2D eigenvalue weighted by atomic mass is 16.5. The van der Waals surface area contributed by atoms with Crippen LogP contribution in [0.3, 0.4) is 0 Å². The SMILES string of the molecule is COCCC1(CNCC2CCNCC2)CC1. The number of hydrogen-bond acceptors (Lipinski definition) is 3. The van der Waals surface area contributed by atoms with Gasteiger partial charge in [-0.15, -0.1) is 0 Å². The summed E-state index contributed by atoms with van der Waals surface area (Å²) in [5.41, 5.74) is 0.600. The van der Waals surface area contributed by atoms with Crippen molar-refractivity contribution in [1.82, 2.24) is 10.6 Å². The van der Waals surface area contributed by atoms with Gasteiger partial charge in [0.2, 0.25) is 0 Å². The highest BCUT2D eigenvalue weighted by Gasteiger charge is 2.41. The van der Waals surface area contributed by atoms with Crippen molar-refractivity contribution < 1.29 is 4.74 Å². The van der Waals surface area contributed by atoms with E-state index >= 15 is 0 Å². The smallest absolute Gasteiger partial charge is 0.0468 e. The van der Waals surface area contributed by atoms with Crippen LogP contribution in [0.2, 0.25) is 0 Å². The Balaban J connectivity index is 1.56. The second-order valence-corrected chi connectivity index (χ2v) is 5.57. The maximum absolute atomic E-state index is 5.18. The first-order chi connectivity index (χ1) is 7.85. The van der Waals surface area contributed by atoms with Gasteiger partial charge in [-0.3, -0.25) is 0 Å². The van der Waals surface area contributed by atoms with Gasteiger partial charge in [0.1, 0.15) is 0 Å². The molecular weight excluding hydrogens is 200 g/mol. The third-order valence-corrected chi connectivity index (χ3v) is 4.19. The van der Waals surface area contributed by atoms with Crippen LogP contribution in [0.4, 0.5) is 0 Å². The molecule has 3 heteroatoms. The summed E-state index contributed by atoms with van der Waals surface area (Å²) < 4.78 is 5.18. The molecule has 0 radical (unpaired) electrons. The molecule has 0 bridgehead atoms. The van der Waals surface area contributed by atoms with E-state index in [9.17, 15) is 0 Å². The van der Waals surface area contributed by atoms with Gasteiger partial charge in [0.15, 0.2) is 0 Å². The van der Waals surface area contributed by atoms with Crippen LogP contribution in [-0.2, 0) is 4.74 Å². The standard InChI is InChI=1S/C13H26N2O/c1-16-9-6-13(4-5-13)11-15-10-12-2-7-14-8-3-12/h12,14-15H,2-11H2,1H3. The largest absolute Gasteiger partial charge is 0.385 e. The quantitative estimate of drug-likeness (QED) is 0.688. The Morgan fingerprint density at radius 2 is 2.06 bits per heavy atom. The molecule has 0 amide bonds. The van der Waals surface area contributed by atoms with Crippen molar-refractivity contribution in [3.05, 3.63) is 0 Å². The van der Waals surface area contributed by atoms with Gasteiger partial charge in [0.25, 0.3) is 0 Å². The normalized spacial score (nSPS) is 24.6. The van der Waals surface area contributed by atoms with E-state index < -0.39 is 0 Å². The van der Waals surface area contributed by atoms with Crippen LogP contribution in [-0.4, -0.2) is 39.9 Å². The summed E-state index contributed by atoms with van der Waals surface area (Å²) in [6, 6.07) is 0. The number of piperidine rings is 1. The van der Waals surface area contributed by atoms with E-state index in [4.69, 9.17) is 4.74 Å². The van der Waals surface area contributed by atoms with Crippen LogP contribution in [0.1, 0.15) is 32.1 Å². The Hall–Kier alpha value is -0.120. The zero-order valence-corrected chi connectivity index (χ0v) is 10.6. The third kappa shape index (κ3) is 3.72. The number of methoxy groups -OCH3 is 1. The second kappa shape index (κ2) is 5.99. The fraction of sp³-hybridized carbons (Fsp3) is 1.00. The minimum absolute atomic E-state index is 0.600. The van der Waals surface area contributed by atoms with E-state index in [0.29, 0.717) is 5.41 Å². The second-order valence-electron chi connectivity index (χ2n) is 5.57. The Kier molecular flexibility index (Phi) is 4.62. The van der Waals surface area contributed by atoms with Crippen molar-refractivity contribution in [3.8, 4) is 0 Å². The van der Waals surface area contributed by atoms with Crippen LogP contribution in [0, 0.1) is 11.3 Å². The lowest BCUT2D eigenvalue weighted by Crippen LogP contribution is -2.35. The minimum Gasteiger partial charge on any atom is -0.385 e. The monoisotopic (exact) mass is 226 g/mol. The molecule has 1 aliphatic carbocycles. The average Bonchev–Trinajstić information content (AvgIpc) is 3.09. The van der Waals surface area contributed by atoms with E-state index in [2.05, 4.69) is 10.6 Å². The summed E-state index contributed by atoms with van der Waals surface area (Å²) in [6.07, 6.45) is 6.73. The molecule has 0 aromatic rings. The summed E-state index contributed by atoms with van der Waals surface area (Å²) in [4.78, 5) is 0. The number of hydrogen-bond donors (Lipinski definition) is 2. The Morgan fingerprint density at radius 1 is 1.31 bits per heavy atom. The van der Waals surface area contributed by atoms with Crippen LogP contribution in [0.5, 0.6) is 0 Å². The molecule has 2 rings (SSSR count). The molecular formula is C13H26N2O. The molecule has 3 nitrogen and oxygen atoms in total. The van der Waals surface area contributed by atoms with Crippen LogP contribution >= 0.6 is 0 Å². The van der Waals surface area contributed by atoms with Gasteiger partial charge in [-0.05, 0) is 63.1 Å². The molecule has 0 aromatic carbocycles. The maximum Gasteiger partial charge on any atom is 0.0468 e. The Morgan fingerprint density at radius 3 is 2.69 bits per heavy atom. The lowest BCUT2D eigenvalue weighted by Gasteiger charge is -2.24. The molecule has 0 unspecified atom stereocenters. The van der Waals surface area contributed by atoms with Crippen LogP contribution in [0.15, 0.2) is 0 Å². The van der Waals surface area contributed by atoms with E-state index in [1.54, 1.807) is 7.11 Å². The summed E-state index contributed by atoms with van der Waals surface area (Å²) >= 11 is 0. The van der Waals surface area contributed by atoms with Gasteiger partial charge in [0.05, 0.1) is 0 Å². The lowest BCUT2D eigenvalue weighted by molar-refractivity contribution is 0.170. The zero-order valence-electron chi connectivity index (χ0n) is 10.6. The molecule has 0 aromatic heterocycles. The van der Waals surface area contributed by atoms with Crippen LogP contribution in [0.25, 0.3) is 0 Å². The molecule has 94 valence electrons. The first-order valence-corrected chi connectivity index (χ1v) is 6.75. The van der Waals surface area contributed by atoms with Gasteiger partial charge in [-0.1, -0.05) is 0 Å². The highest BCUT2D eigenvalue weighted by molar-refractivity contribution is 4.94. The first-order valence-electron chi connectivity index (χ1n) is 6.75. The van der Waals surface area contributed by atoms with E-state index in [1.165, 1.54) is 58.3 Å². The minimum atomic E-state index is 0.600. The molecule has 2 aliphatic rings. The Bertz CT molecular complexity index is 198. The predicted octanol–water partition coefficient (Wildman–Crippen LogP) is 1.39. The van der Waals surface area contributed by atoms with Crippen molar-refractivity contribution in [1.29, 1.82) is 0 Å². The summed E-state index contributed by atoms with van der Waals surface area (Å²) in [5.74, 6) is 0.902. The number of rotatable bonds is 7. The highest BCUT2D eigenvalue weighted by Crippen LogP contribution is 2.48. The molecule has 1 aliphatic heterocycles. The van der Waals surface area contributed by atoms with Crippen molar-refractivity contribution in [2.45, 2.75) is 32.1 Å². The number of nitrogens with one attached hydrogen (secondary N) is 2. The molecule has 0 atom stereocenters. The molecule has 1 heterocycles. The van der Waals surface area contributed by atoms with Gasteiger partial charge in [-0.25, -0.2) is 0 Å². The summed E-state index contributed by atoms with van der Waals surface area (Å²) in [7, 11) is 1.80. The zero-order chi connectivity index (χ0) is 11.3. The van der Waals surface area contributed by atoms with Crippen molar-refractivity contribution in [2.24, 2.45) is 11.3 Å². The van der Waals surface area contributed by atoms with Crippen molar-refractivity contribution >= 4 is 0 Å². The van der Waals surface area contributed by atoms with Gasteiger partial charge in [-0.2, -0.15) is 0 Å². The third-order valence-electron chi connectivity index (χ3n) is 4.19. The molecule has 2 N–H and O–H groups in total. The summed E-state index contributed by atoms with van der Waals surface area (Å²) in [5, 5.41) is 7.10. The van der Waals surface area contributed by atoms with Gasteiger partial charge < -0.3 is 15.4 Å².